The number of benzene rings is 1. The van der Waals surface area contributed by atoms with Crippen LogP contribution in [-0.4, -0.2) is 11.5 Å². The van der Waals surface area contributed by atoms with Crippen LogP contribution < -0.4 is 5.32 Å². The first kappa shape index (κ1) is 10.5. The van der Waals surface area contributed by atoms with Crippen LogP contribution in [-0.2, 0) is 0 Å². The van der Waals surface area contributed by atoms with E-state index in [0.29, 0.717) is 12.0 Å². The van der Waals surface area contributed by atoms with E-state index in [-0.39, 0.29) is 0 Å². The normalized spacial score (nSPS) is 23.8. The Morgan fingerprint density at radius 2 is 1.71 bits per heavy atom. The topological polar surface area (TPSA) is 24.9 Å². The second kappa shape index (κ2) is 4.68. The van der Waals surface area contributed by atoms with Gasteiger partial charge in [0.1, 0.15) is 0 Å². The van der Waals surface area contributed by atoms with E-state index in [0.717, 1.165) is 6.54 Å². The van der Waals surface area contributed by atoms with Gasteiger partial charge in [-0.3, -0.25) is 4.98 Å². The minimum Gasteiger partial charge on any atom is -0.309 e. The SMILES string of the molecule is c1ccc(C2NCCC2c2ccncc2)cc1. The van der Waals surface area contributed by atoms with Gasteiger partial charge in [-0.15, -0.1) is 0 Å². The van der Waals surface area contributed by atoms with Gasteiger partial charge in [-0.05, 0) is 36.2 Å². The van der Waals surface area contributed by atoms with Crippen LogP contribution >= 0.6 is 0 Å². The highest BCUT2D eigenvalue weighted by atomic mass is 15.0. The van der Waals surface area contributed by atoms with Crippen LogP contribution in [0.25, 0.3) is 0 Å². The fraction of sp³-hybridized carbons (Fsp3) is 0.267. The summed E-state index contributed by atoms with van der Waals surface area (Å²) in [4.78, 5) is 4.09. The molecule has 2 unspecified atom stereocenters. The number of nitrogens with one attached hydrogen (secondary N) is 1. The highest BCUT2D eigenvalue weighted by Crippen LogP contribution is 2.37. The van der Waals surface area contributed by atoms with Crippen LogP contribution in [0.2, 0.25) is 0 Å². The standard InChI is InChI=1S/C15H16N2/c1-2-4-13(5-3-1)15-14(8-11-17-15)12-6-9-16-10-7-12/h1-7,9-10,14-15,17H,8,11H2. The molecule has 2 heteroatoms. The molecule has 17 heavy (non-hydrogen) atoms. The van der Waals surface area contributed by atoms with Crippen molar-refractivity contribution in [3.05, 3.63) is 66.0 Å². The molecule has 1 N–H and O–H groups in total. The Hall–Kier alpha value is -1.67. The molecule has 0 spiro atoms. The molecule has 1 saturated heterocycles. The molecule has 1 aliphatic heterocycles. The van der Waals surface area contributed by atoms with Crippen molar-refractivity contribution in [3.63, 3.8) is 0 Å². The minimum absolute atomic E-state index is 0.443. The molecule has 0 bridgehead atoms. The number of hydrogen-bond donors (Lipinski definition) is 1. The Balaban J connectivity index is 1.91. The Kier molecular flexibility index (Phi) is 2.88. The van der Waals surface area contributed by atoms with Crippen molar-refractivity contribution in [1.29, 1.82) is 0 Å². The molecular weight excluding hydrogens is 208 g/mol. The predicted molar refractivity (Wildman–Crippen MR) is 68.8 cm³/mol. The van der Waals surface area contributed by atoms with Crippen molar-refractivity contribution in [2.24, 2.45) is 0 Å². The molecule has 2 nitrogen and oxygen atoms in total. The summed E-state index contributed by atoms with van der Waals surface area (Å²) < 4.78 is 0. The van der Waals surface area contributed by atoms with E-state index in [1.165, 1.54) is 17.5 Å². The van der Waals surface area contributed by atoms with Gasteiger partial charge in [0.05, 0.1) is 0 Å². The summed E-state index contributed by atoms with van der Waals surface area (Å²) in [6.07, 6.45) is 4.97. The van der Waals surface area contributed by atoms with Gasteiger partial charge in [0, 0.05) is 24.4 Å². The lowest BCUT2D eigenvalue weighted by Crippen LogP contribution is -2.16. The number of hydrogen-bond acceptors (Lipinski definition) is 2. The van der Waals surface area contributed by atoms with Gasteiger partial charge in [0.2, 0.25) is 0 Å². The largest absolute Gasteiger partial charge is 0.309 e. The highest BCUT2D eigenvalue weighted by Gasteiger charge is 2.28. The van der Waals surface area contributed by atoms with Crippen molar-refractivity contribution < 1.29 is 0 Å². The lowest BCUT2D eigenvalue weighted by Gasteiger charge is -2.20. The molecule has 86 valence electrons. The zero-order chi connectivity index (χ0) is 11.5. The third-order valence-electron chi connectivity index (χ3n) is 3.51. The summed E-state index contributed by atoms with van der Waals surface area (Å²) in [5, 5.41) is 3.60. The van der Waals surface area contributed by atoms with Crippen molar-refractivity contribution in [2.75, 3.05) is 6.54 Å². The van der Waals surface area contributed by atoms with Crippen LogP contribution in [0.15, 0.2) is 54.9 Å². The lowest BCUT2D eigenvalue weighted by molar-refractivity contribution is 0.577. The molecule has 1 aromatic carbocycles. The maximum absolute atomic E-state index is 4.09. The summed E-state index contributed by atoms with van der Waals surface area (Å²) in [5.41, 5.74) is 2.77. The first-order valence-electron chi connectivity index (χ1n) is 6.13. The summed E-state index contributed by atoms with van der Waals surface area (Å²) in [5.74, 6) is 0.570. The molecule has 1 aliphatic rings. The Bertz CT molecular complexity index is 421. The molecule has 3 rings (SSSR count). The predicted octanol–water partition coefficient (Wildman–Crippen LogP) is 2.90. The summed E-state index contributed by atoms with van der Waals surface area (Å²) >= 11 is 0. The van der Waals surface area contributed by atoms with E-state index in [9.17, 15) is 0 Å². The van der Waals surface area contributed by atoms with Crippen LogP contribution in [0, 0.1) is 0 Å². The summed E-state index contributed by atoms with van der Waals surface area (Å²) in [6, 6.07) is 15.4. The second-order valence-electron chi connectivity index (χ2n) is 4.52. The maximum Gasteiger partial charge on any atom is 0.0390 e. The van der Waals surface area contributed by atoms with Crippen molar-refractivity contribution in [3.8, 4) is 0 Å². The van der Waals surface area contributed by atoms with Crippen molar-refractivity contribution in [2.45, 2.75) is 18.4 Å². The number of pyridine rings is 1. The number of rotatable bonds is 2. The van der Waals surface area contributed by atoms with Crippen LogP contribution in [0.4, 0.5) is 0 Å². The maximum atomic E-state index is 4.09. The average molecular weight is 224 g/mol. The first-order valence-corrected chi connectivity index (χ1v) is 6.13. The third-order valence-corrected chi connectivity index (χ3v) is 3.51. The molecular formula is C15H16N2. The van der Waals surface area contributed by atoms with E-state index in [1.54, 1.807) is 0 Å². The molecule has 0 aliphatic carbocycles. The number of aromatic nitrogens is 1. The van der Waals surface area contributed by atoms with Crippen LogP contribution in [0.3, 0.4) is 0 Å². The zero-order valence-corrected chi connectivity index (χ0v) is 9.71. The summed E-state index contributed by atoms with van der Waals surface area (Å²) in [6.45, 7) is 1.09. The zero-order valence-electron chi connectivity index (χ0n) is 9.71. The molecule has 1 fully saturated rings. The Labute approximate surface area is 102 Å². The number of nitrogens with zero attached hydrogens (tertiary/aromatic N) is 1. The molecule has 1 aromatic heterocycles. The van der Waals surface area contributed by atoms with E-state index < -0.39 is 0 Å². The van der Waals surface area contributed by atoms with E-state index in [1.807, 2.05) is 12.4 Å². The van der Waals surface area contributed by atoms with Gasteiger partial charge in [-0.25, -0.2) is 0 Å². The molecule has 2 atom stereocenters. The second-order valence-corrected chi connectivity index (χ2v) is 4.52. The highest BCUT2D eigenvalue weighted by molar-refractivity contribution is 5.28. The third kappa shape index (κ3) is 2.08. The molecule has 0 radical (unpaired) electrons. The molecule has 2 heterocycles. The van der Waals surface area contributed by atoms with Crippen molar-refractivity contribution >= 4 is 0 Å². The van der Waals surface area contributed by atoms with Gasteiger partial charge in [-0.2, -0.15) is 0 Å². The van der Waals surface area contributed by atoms with Gasteiger partial charge in [0.25, 0.3) is 0 Å². The van der Waals surface area contributed by atoms with Gasteiger partial charge < -0.3 is 5.32 Å². The minimum atomic E-state index is 0.443. The average Bonchev–Trinajstić information content (AvgIpc) is 2.90. The van der Waals surface area contributed by atoms with E-state index in [4.69, 9.17) is 0 Å². The Morgan fingerprint density at radius 3 is 2.47 bits per heavy atom. The van der Waals surface area contributed by atoms with Crippen LogP contribution in [0.1, 0.15) is 29.5 Å². The smallest absolute Gasteiger partial charge is 0.0390 e. The van der Waals surface area contributed by atoms with E-state index >= 15 is 0 Å². The fourth-order valence-corrected chi connectivity index (χ4v) is 2.68. The van der Waals surface area contributed by atoms with Crippen LogP contribution in [0.5, 0.6) is 0 Å². The quantitative estimate of drug-likeness (QED) is 0.848. The molecule has 0 amide bonds. The van der Waals surface area contributed by atoms with Gasteiger partial charge in [0.15, 0.2) is 0 Å². The fourth-order valence-electron chi connectivity index (χ4n) is 2.68. The molecule has 0 saturated carbocycles. The monoisotopic (exact) mass is 224 g/mol. The first-order chi connectivity index (χ1) is 8.45. The van der Waals surface area contributed by atoms with Gasteiger partial charge >= 0.3 is 0 Å². The lowest BCUT2D eigenvalue weighted by atomic mass is 9.88. The summed E-state index contributed by atoms with van der Waals surface area (Å²) in [7, 11) is 0. The molecule has 2 aromatic rings. The van der Waals surface area contributed by atoms with E-state index in [2.05, 4.69) is 52.8 Å². The van der Waals surface area contributed by atoms with Crippen molar-refractivity contribution in [1.82, 2.24) is 10.3 Å². The van der Waals surface area contributed by atoms with Gasteiger partial charge in [-0.1, -0.05) is 30.3 Å². The Morgan fingerprint density at radius 1 is 0.941 bits per heavy atom.